The van der Waals surface area contributed by atoms with Crippen molar-refractivity contribution in [3.05, 3.63) is 10.4 Å². The van der Waals surface area contributed by atoms with Gasteiger partial charge in [-0.15, -0.1) is 11.3 Å². The van der Waals surface area contributed by atoms with E-state index in [9.17, 15) is 0 Å². The second-order valence-electron chi connectivity index (χ2n) is 2.40. The smallest absolute Gasteiger partial charge is 0.138 e. The number of thiazole rings is 1. The van der Waals surface area contributed by atoms with Gasteiger partial charge in [-0.1, -0.05) is 0 Å². The Balaban J connectivity index is 2.65. The Morgan fingerprint density at radius 1 is 1.70 bits per heavy atom. The van der Waals surface area contributed by atoms with Crippen LogP contribution in [0, 0.1) is 0 Å². The normalized spacial score (nSPS) is 10.7. The van der Waals surface area contributed by atoms with E-state index in [0.717, 1.165) is 11.4 Å². The standard InChI is InChI=1S/C6H11N3S/c1-9(2)3-5-6(7)8-4-10-5/h4H,3,7H2,1-2H3. The Labute approximate surface area is 64.5 Å². The fourth-order valence-electron chi connectivity index (χ4n) is 0.685. The van der Waals surface area contributed by atoms with E-state index < -0.39 is 0 Å². The SMILES string of the molecule is CN(C)Cc1scnc1N. The fraction of sp³-hybridized carbons (Fsp3) is 0.500. The first kappa shape index (κ1) is 7.50. The van der Waals surface area contributed by atoms with Crippen LogP contribution < -0.4 is 5.73 Å². The number of nitrogen functional groups attached to an aromatic ring is 1. The zero-order chi connectivity index (χ0) is 7.56. The average molecular weight is 157 g/mol. The molecule has 10 heavy (non-hydrogen) atoms. The van der Waals surface area contributed by atoms with Gasteiger partial charge in [0.25, 0.3) is 0 Å². The molecule has 0 amide bonds. The Kier molecular flexibility index (Phi) is 2.24. The van der Waals surface area contributed by atoms with E-state index >= 15 is 0 Å². The molecule has 56 valence electrons. The summed E-state index contributed by atoms with van der Waals surface area (Å²) in [4.78, 5) is 7.16. The topological polar surface area (TPSA) is 42.2 Å². The third-order valence-corrected chi connectivity index (χ3v) is 1.97. The van der Waals surface area contributed by atoms with Gasteiger partial charge in [-0.3, -0.25) is 0 Å². The highest BCUT2D eigenvalue weighted by Crippen LogP contribution is 2.15. The first-order chi connectivity index (χ1) is 4.70. The third-order valence-electron chi connectivity index (χ3n) is 1.13. The van der Waals surface area contributed by atoms with Gasteiger partial charge in [0.1, 0.15) is 5.82 Å². The molecule has 0 spiro atoms. The van der Waals surface area contributed by atoms with Crippen molar-refractivity contribution in [2.75, 3.05) is 19.8 Å². The zero-order valence-electron chi connectivity index (χ0n) is 6.16. The molecule has 0 aliphatic heterocycles. The van der Waals surface area contributed by atoms with E-state index in [1.807, 2.05) is 14.1 Å². The number of nitrogens with two attached hydrogens (primary N) is 1. The van der Waals surface area contributed by atoms with Crippen LogP contribution in [0.15, 0.2) is 5.51 Å². The van der Waals surface area contributed by atoms with Crippen LogP contribution in [0.3, 0.4) is 0 Å². The van der Waals surface area contributed by atoms with E-state index in [4.69, 9.17) is 5.73 Å². The number of hydrogen-bond acceptors (Lipinski definition) is 4. The molecule has 3 nitrogen and oxygen atoms in total. The fourth-order valence-corrected chi connectivity index (χ4v) is 1.48. The number of hydrogen-bond donors (Lipinski definition) is 1. The van der Waals surface area contributed by atoms with Crippen LogP contribution >= 0.6 is 11.3 Å². The molecule has 0 aliphatic rings. The largest absolute Gasteiger partial charge is 0.383 e. The molecule has 1 aromatic heterocycles. The van der Waals surface area contributed by atoms with Crippen LogP contribution in [-0.2, 0) is 6.54 Å². The molecule has 1 aromatic rings. The predicted octanol–water partition coefficient (Wildman–Crippen LogP) is 0.787. The molecule has 0 atom stereocenters. The van der Waals surface area contributed by atoms with Crippen molar-refractivity contribution in [1.29, 1.82) is 0 Å². The Morgan fingerprint density at radius 2 is 2.40 bits per heavy atom. The van der Waals surface area contributed by atoms with Crippen LogP contribution in [0.5, 0.6) is 0 Å². The summed E-state index contributed by atoms with van der Waals surface area (Å²) in [6, 6.07) is 0. The summed E-state index contributed by atoms with van der Waals surface area (Å²) in [6.07, 6.45) is 0. The number of aromatic nitrogens is 1. The molecule has 0 aromatic carbocycles. The molecule has 1 rings (SSSR count). The molecule has 0 unspecified atom stereocenters. The molecule has 0 saturated heterocycles. The zero-order valence-corrected chi connectivity index (χ0v) is 6.98. The maximum absolute atomic E-state index is 5.56. The predicted molar refractivity (Wildman–Crippen MR) is 43.9 cm³/mol. The minimum atomic E-state index is 0.665. The first-order valence-corrected chi connectivity index (χ1v) is 3.90. The Bertz CT molecular complexity index is 207. The summed E-state index contributed by atoms with van der Waals surface area (Å²) in [5.41, 5.74) is 7.33. The molecule has 0 fully saturated rings. The van der Waals surface area contributed by atoms with Gasteiger partial charge >= 0.3 is 0 Å². The van der Waals surface area contributed by atoms with Crippen LogP contribution in [0.25, 0.3) is 0 Å². The lowest BCUT2D eigenvalue weighted by Crippen LogP contribution is -2.10. The Morgan fingerprint density at radius 3 is 2.80 bits per heavy atom. The van der Waals surface area contributed by atoms with Gasteiger partial charge in [-0.25, -0.2) is 4.98 Å². The quantitative estimate of drug-likeness (QED) is 0.690. The van der Waals surface area contributed by atoms with E-state index in [-0.39, 0.29) is 0 Å². The van der Waals surface area contributed by atoms with Crippen molar-refractivity contribution in [3.8, 4) is 0 Å². The van der Waals surface area contributed by atoms with Crippen LogP contribution in [0.2, 0.25) is 0 Å². The molecule has 4 heteroatoms. The van der Waals surface area contributed by atoms with E-state index in [1.54, 1.807) is 16.8 Å². The molecule has 1 heterocycles. The number of nitrogens with zero attached hydrogens (tertiary/aromatic N) is 2. The maximum atomic E-state index is 5.56. The molecule has 2 N–H and O–H groups in total. The van der Waals surface area contributed by atoms with Crippen LogP contribution in [0.1, 0.15) is 4.88 Å². The molecule has 0 radical (unpaired) electrons. The molecule has 0 bridgehead atoms. The summed E-state index contributed by atoms with van der Waals surface area (Å²) in [5, 5.41) is 0. The van der Waals surface area contributed by atoms with E-state index in [0.29, 0.717) is 5.82 Å². The van der Waals surface area contributed by atoms with Crippen molar-refractivity contribution >= 4 is 17.2 Å². The van der Waals surface area contributed by atoms with E-state index in [1.165, 1.54) is 0 Å². The lowest BCUT2D eigenvalue weighted by molar-refractivity contribution is 0.407. The Hall–Kier alpha value is -0.610. The molecular weight excluding hydrogens is 146 g/mol. The number of rotatable bonds is 2. The maximum Gasteiger partial charge on any atom is 0.138 e. The van der Waals surface area contributed by atoms with Crippen molar-refractivity contribution in [2.45, 2.75) is 6.54 Å². The second-order valence-corrected chi connectivity index (χ2v) is 3.34. The average Bonchev–Trinajstić information content (AvgIpc) is 2.15. The van der Waals surface area contributed by atoms with Crippen molar-refractivity contribution in [2.24, 2.45) is 0 Å². The van der Waals surface area contributed by atoms with Gasteiger partial charge in [0.2, 0.25) is 0 Å². The van der Waals surface area contributed by atoms with Crippen LogP contribution in [0.4, 0.5) is 5.82 Å². The van der Waals surface area contributed by atoms with Crippen molar-refractivity contribution < 1.29 is 0 Å². The van der Waals surface area contributed by atoms with Gasteiger partial charge in [0, 0.05) is 6.54 Å². The summed E-state index contributed by atoms with van der Waals surface area (Å²) in [5.74, 6) is 0.665. The van der Waals surface area contributed by atoms with Gasteiger partial charge < -0.3 is 10.6 Å². The number of anilines is 1. The third kappa shape index (κ3) is 1.68. The first-order valence-electron chi connectivity index (χ1n) is 3.02. The van der Waals surface area contributed by atoms with Gasteiger partial charge in [0.05, 0.1) is 10.4 Å². The lowest BCUT2D eigenvalue weighted by Gasteiger charge is -2.06. The molecular formula is C6H11N3S. The summed E-state index contributed by atoms with van der Waals surface area (Å²) >= 11 is 1.60. The lowest BCUT2D eigenvalue weighted by atomic mass is 10.5. The molecule has 0 aliphatic carbocycles. The van der Waals surface area contributed by atoms with Crippen LogP contribution in [-0.4, -0.2) is 24.0 Å². The second kappa shape index (κ2) is 2.98. The monoisotopic (exact) mass is 157 g/mol. The highest BCUT2D eigenvalue weighted by molar-refractivity contribution is 7.10. The summed E-state index contributed by atoms with van der Waals surface area (Å²) < 4.78 is 0. The summed E-state index contributed by atoms with van der Waals surface area (Å²) in [6.45, 7) is 0.885. The van der Waals surface area contributed by atoms with Gasteiger partial charge in [-0.2, -0.15) is 0 Å². The van der Waals surface area contributed by atoms with Gasteiger partial charge in [0.15, 0.2) is 0 Å². The van der Waals surface area contributed by atoms with Gasteiger partial charge in [-0.05, 0) is 14.1 Å². The highest BCUT2D eigenvalue weighted by Gasteiger charge is 2.01. The highest BCUT2D eigenvalue weighted by atomic mass is 32.1. The van der Waals surface area contributed by atoms with Crippen molar-refractivity contribution in [3.63, 3.8) is 0 Å². The minimum Gasteiger partial charge on any atom is -0.383 e. The minimum absolute atomic E-state index is 0.665. The van der Waals surface area contributed by atoms with E-state index in [2.05, 4.69) is 9.88 Å². The molecule has 0 saturated carbocycles. The van der Waals surface area contributed by atoms with Crippen molar-refractivity contribution in [1.82, 2.24) is 9.88 Å². The summed E-state index contributed by atoms with van der Waals surface area (Å²) in [7, 11) is 4.03.